The van der Waals surface area contributed by atoms with Crippen LogP contribution in [-0.2, 0) is 17.0 Å². The predicted molar refractivity (Wildman–Crippen MR) is 207 cm³/mol. The van der Waals surface area contributed by atoms with Crippen molar-refractivity contribution in [3.8, 4) is 0 Å². The predicted octanol–water partition coefficient (Wildman–Crippen LogP) is 8.95. The fourth-order valence-electron chi connectivity index (χ4n) is 4.95. The second-order valence-electron chi connectivity index (χ2n) is 10.4. The topological polar surface area (TPSA) is 17.1 Å². The first-order chi connectivity index (χ1) is 23.7. The van der Waals surface area contributed by atoms with Crippen molar-refractivity contribution < 1.29 is 21.8 Å². The summed E-state index contributed by atoms with van der Waals surface area (Å²) in [4.78, 5) is 10.9. The van der Waals surface area contributed by atoms with Gasteiger partial charge >= 0.3 is 71.4 Å². The van der Waals surface area contributed by atoms with Crippen LogP contribution in [0.25, 0.3) is 0 Å². The molecule has 0 aliphatic heterocycles. The van der Waals surface area contributed by atoms with E-state index in [2.05, 4.69) is 182 Å². The monoisotopic (exact) mass is 770 g/mol. The van der Waals surface area contributed by atoms with Crippen LogP contribution >= 0.6 is 25.4 Å². The smallest absolute Gasteiger partial charge is 0.0134 e. The SMILES string of the molecule is O=[C]([Pd][Cl])c1ccccc1.c1ccc(P(c2ccccc2)c2ccccc2)cc1.c1ccc(P(c2ccccc2)c2ccccc2)cc1. The maximum atomic E-state index is 10.9. The van der Waals surface area contributed by atoms with Gasteiger partial charge in [0, 0.05) is 0 Å². The van der Waals surface area contributed by atoms with Crippen LogP contribution in [-0.4, -0.2) is 4.26 Å². The summed E-state index contributed by atoms with van der Waals surface area (Å²) in [7, 11) is 4.49. The van der Waals surface area contributed by atoms with E-state index in [4.69, 9.17) is 9.53 Å². The largest absolute Gasteiger partial charge is 0.0622 e. The third kappa shape index (κ3) is 10.5. The fraction of sp³-hybridized carbons (Fsp3) is 0. The molecular weight excluding hydrogens is 736 g/mol. The molecule has 0 aliphatic carbocycles. The minimum absolute atomic E-state index is 0.0243. The molecule has 0 spiro atoms. The first-order valence-electron chi connectivity index (χ1n) is 15.4. The Balaban J connectivity index is 0.000000148. The standard InChI is InChI=1S/2C18H15P.C7H5O.ClH.Pd/c2*1-4-10-16(11-5-1)19(17-12-6-2-7-13-17)18-14-8-3-9-15-18;8-6-7-4-2-1-3-5-7;;/h2*1-15H;1-5H;1H;/q;;;;+1/p-1. The van der Waals surface area contributed by atoms with E-state index in [0.717, 1.165) is 0 Å². The summed E-state index contributed by atoms with van der Waals surface area (Å²) in [6, 6.07) is 73.7. The summed E-state index contributed by atoms with van der Waals surface area (Å²) in [5.41, 5.74) is 0.700. The van der Waals surface area contributed by atoms with E-state index in [1.807, 2.05) is 18.2 Å². The van der Waals surface area contributed by atoms with Gasteiger partial charge in [0.1, 0.15) is 0 Å². The number of carbonyl (C=O) groups is 1. The first-order valence-corrected chi connectivity index (χ1v) is 20.9. The van der Waals surface area contributed by atoms with E-state index in [9.17, 15) is 4.79 Å². The van der Waals surface area contributed by atoms with Crippen molar-refractivity contribution in [2.24, 2.45) is 0 Å². The Kier molecular flexibility index (Phi) is 14.5. The summed E-state index contributed by atoms with van der Waals surface area (Å²) in [6.07, 6.45) is 0. The molecule has 0 saturated heterocycles. The zero-order valence-corrected chi connectivity index (χ0v) is 30.3. The molecule has 240 valence electrons. The van der Waals surface area contributed by atoms with Crippen LogP contribution in [0, 0.1) is 0 Å². The summed E-state index contributed by atoms with van der Waals surface area (Å²) in [5.74, 6) is 0. The molecule has 0 N–H and O–H groups in total. The number of benzene rings is 7. The number of carbonyl (C=O) groups excluding carboxylic acids is 1. The number of hydrogen-bond donors (Lipinski definition) is 0. The van der Waals surface area contributed by atoms with Gasteiger partial charge in [0.05, 0.1) is 0 Å². The van der Waals surface area contributed by atoms with Gasteiger partial charge in [-0.1, -0.05) is 182 Å². The van der Waals surface area contributed by atoms with Crippen LogP contribution in [0.4, 0.5) is 0 Å². The van der Waals surface area contributed by atoms with Crippen LogP contribution in [0.5, 0.6) is 0 Å². The zero-order chi connectivity index (χ0) is 33.2. The van der Waals surface area contributed by atoms with Crippen molar-refractivity contribution in [1.29, 1.82) is 0 Å². The summed E-state index contributed by atoms with van der Waals surface area (Å²) >= 11 is -0.331. The third-order valence-electron chi connectivity index (χ3n) is 7.12. The fourth-order valence-corrected chi connectivity index (χ4v) is 10.4. The minimum Gasteiger partial charge on any atom is -0.0622 e. The van der Waals surface area contributed by atoms with Gasteiger partial charge in [-0.2, -0.15) is 0 Å². The Morgan fingerprint density at radius 3 is 0.708 bits per heavy atom. The van der Waals surface area contributed by atoms with E-state index in [0.29, 0.717) is 5.56 Å². The molecular formula is C43H35ClOP2Pd. The Morgan fingerprint density at radius 1 is 0.333 bits per heavy atom. The van der Waals surface area contributed by atoms with Gasteiger partial charge in [-0.15, -0.1) is 0 Å². The van der Waals surface area contributed by atoms with E-state index >= 15 is 0 Å². The number of halogens is 1. The average Bonchev–Trinajstić information content (AvgIpc) is 3.18. The second-order valence-corrected chi connectivity index (χ2v) is 16.5. The molecule has 0 bridgehead atoms. The first kappa shape index (κ1) is 35.3. The van der Waals surface area contributed by atoms with Crippen LogP contribution in [0.1, 0.15) is 10.4 Å². The van der Waals surface area contributed by atoms with Crippen LogP contribution in [0.15, 0.2) is 212 Å². The Labute approximate surface area is 299 Å². The summed E-state index contributed by atoms with van der Waals surface area (Å²) in [5, 5.41) is 8.39. The van der Waals surface area contributed by atoms with Crippen molar-refractivity contribution in [3.63, 3.8) is 0 Å². The molecule has 7 aromatic rings. The third-order valence-corrected chi connectivity index (χ3v) is 13.4. The molecule has 0 unspecified atom stereocenters. The van der Waals surface area contributed by atoms with Crippen LogP contribution in [0.3, 0.4) is 0 Å². The maximum Gasteiger partial charge on any atom is -0.0134 e. The van der Waals surface area contributed by atoms with E-state index in [1.165, 1.54) is 31.8 Å². The molecule has 48 heavy (non-hydrogen) atoms. The van der Waals surface area contributed by atoms with Crippen molar-refractivity contribution in [1.82, 2.24) is 0 Å². The van der Waals surface area contributed by atoms with Gasteiger partial charge in [-0.05, 0) is 47.7 Å². The minimum atomic E-state index is -0.446. The molecule has 5 heteroatoms. The van der Waals surface area contributed by atoms with E-state index < -0.39 is 15.8 Å². The molecule has 0 heterocycles. The molecule has 7 rings (SSSR count). The van der Waals surface area contributed by atoms with Crippen LogP contribution in [0.2, 0.25) is 0 Å². The molecule has 0 radical (unpaired) electrons. The molecule has 0 saturated carbocycles. The van der Waals surface area contributed by atoms with Crippen LogP contribution < -0.4 is 31.8 Å². The number of hydrogen-bond acceptors (Lipinski definition) is 1. The Morgan fingerprint density at radius 2 is 0.521 bits per heavy atom. The van der Waals surface area contributed by atoms with Crippen molar-refractivity contribution in [2.45, 2.75) is 0 Å². The van der Waals surface area contributed by atoms with Gasteiger partial charge in [-0.3, -0.25) is 0 Å². The maximum absolute atomic E-state index is 10.9. The molecule has 7 aromatic carbocycles. The van der Waals surface area contributed by atoms with Crippen molar-refractivity contribution in [3.05, 3.63) is 218 Å². The molecule has 0 amide bonds. The number of rotatable bonds is 8. The molecule has 0 fully saturated rings. The Hall–Kier alpha value is -3.98. The van der Waals surface area contributed by atoms with E-state index in [-0.39, 0.29) is 21.2 Å². The molecule has 0 aromatic heterocycles. The quantitative estimate of drug-likeness (QED) is 0.112. The normalized spacial score (nSPS) is 10.4. The second kappa shape index (κ2) is 19.7. The summed E-state index contributed by atoms with van der Waals surface area (Å²) in [6.45, 7) is 0. The Bertz CT molecular complexity index is 1590. The molecule has 1 nitrogen and oxygen atoms in total. The molecule has 0 aliphatic rings. The van der Waals surface area contributed by atoms with E-state index in [1.54, 1.807) is 12.1 Å². The van der Waals surface area contributed by atoms with Gasteiger partial charge in [-0.25, -0.2) is 0 Å². The molecule has 0 atom stereocenters. The van der Waals surface area contributed by atoms with Gasteiger partial charge < -0.3 is 0 Å². The van der Waals surface area contributed by atoms with Gasteiger partial charge in [0.2, 0.25) is 0 Å². The van der Waals surface area contributed by atoms with Gasteiger partial charge in [0.25, 0.3) is 0 Å². The van der Waals surface area contributed by atoms with Crippen molar-refractivity contribution in [2.75, 3.05) is 0 Å². The zero-order valence-electron chi connectivity index (χ0n) is 26.2. The van der Waals surface area contributed by atoms with Crippen molar-refractivity contribution >= 4 is 61.5 Å². The summed E-state index contributed by atoms with van der Waals surface area (Å²) < 4.78 is 0.0243. The van der Waals surface area contributed by atoms with Gasteiger partial charge in [0.15, 0.2) is 0 Å². The average molecular weight is 772 g/mol.